The summed E-state index contributed by atoms with van der Waals surface area (Å²) < 4.78 is 18.9. The highest BCUT2D eigenvalue weighted by molar-refractivity contribution is 5.49. The predicted molar refractivity (Wildman–Crippen MR) is 71.5 cm³/mol. The fourth-order valence-electron chi connectivity index (χ4n) is 2.43. The Bertz CT molecular complexity index is 405. The van der Waals surface area contributed by atoms with E-state index in [9.17, 15) is 4.39 Å². The van der Waals surface area contributed by atoms with Gasteiger partial charge in [0.05, 0.1) is 6.61 Å². The Morgan fingerprint density at radius 2 is 2.17 bits per heavy atom. The topological polar surface area (TPSA) is 38.5 Å². The minimum absolute atomic E-state index is 0.300. The molecule has 3 nitrogen and oxygen atoms in total. The van der Waals surface area contributed by atoms with Crippen molar-refractivity contribution in [2.45, 2.75) is 25.8 Å². The van der Waals surface area contributed by atoms with E-state index >= 15 is 0 Å². The first-order chi connectivity index (χ1) is 8.60. The monoisotopic (exact) mass is 252 g/mol. The van der Waals surface area contributed by atoms with Crippen LogP contribution in [0.25, 0.3) is 0 Å². The molecular formula is C14H21FN2O. The molecule has 0 aliphatic heterocycles. The van der Waals surface area contributed by atoms with Gasteiger partial charge in [-0.2, -0.15) is 0 Å². The Hall–Kier alpha value is -1.29. The summed E-state index contributed by atoms with van der Waals surface area (Å²) in [6.07, 6.45) is 2.15. The van der Waals surface area contributed by atoms with Crippen molar-refractivity contribution in [3.05, 3.63) is 24.0 Å². The predicted octanol–water partition coefficient (Wildman–Crippen LogP) is 2.40. The van der Waals surface area contributed by atoms with E-state index in [-0.39, 0.29) is 5.82 Å². The second-order valence-electron chi connectivity index (χ2n) is 5.03. The highest BCUT2D eigenvalue weighted by atomic mass is 19.1. The van der Waals surface area contributed by atoms with Crippen LogP contribution in [0.3, 0.4) is 0 Å². The summed E-state index contributed by atoms with van der Waals surface area (Å²) in [5, 5.41) is 0. The lowest BCUT2D eigenvalue weighted by atomic mass is 9.80. The van der Waals surface area contributed by atoms with Gasteiger partial charge in [0.25, 0.3) is 0 Å². The van der Waals surface area contributed by atoms with Crippen molar-refractivity contribution >= 4 is 5.69 Å². The van der Waals surface area contributed by atoms with E-state index in [0.717, 1.165) is 25.1 Å². The molecule has 1 saturated carbocycles. The molecule has 0 amide bonds. The summed E-state index contributed by atoms with van der Waals surface area (Å²) in [5.41, 5.74) is 6.65. The number of anilines is 1. The summed E-state index contributed by atoms with van der Waals surface area (Å²) in [6, 6.07) is 5.48. The molecule has 0 spiro atoms. The van der Waals surface area contributed by atoms with Crippen molar-refractivity contribution in [2.24, 2.45) is 11.7 Å². The number of rotatable bonds is 5. The van der Waals surface area contributed by atoms with E-state index in [2.05, 4.69) is 4.90 Å². The molecule has 0 aromatic heterocycles. The van der Waals surface area contributed by atoms with Crippen LogP contribution in [0.2, 0.25) is 0 Å². The second kappa shape index (κ2) is 5.57. The standard InChI is InChI=1S/C14H21FN2O/c1-3-18-14-5-4-12(8-13(14)15)17(2)9-10-6-11(16)7-10/h4-5,8,10-11H,3,6-7,9,16H2,1-2H3. The molecule has 18 heavy (non-hydrogen) atoms. The molecule has 100 valence electrons. The van der Waals surface area contributed by atoms with Crippen LogP contribution in [-0.2, 0) is 0 Å². The Morgan fingerprint density at radius 1 is 1.44 bits per heavy atom. The highest BCUT2D eigenvalue weighted by Crippen LogP contribution is 2.29. The van der Waals surface area contributed by atoms with Gasteiger partial charge in [0.1, 0.15) is 0 Å². The van der Waals surface area contributed by atoms with E-state index < -0.39 is 0 Å². The Kier molecular flexibility index (Phi) is 4.07. The number of benzene rings is 1. The third-order valence-corrected chi connectivity index (χ3v) is 3.46. The van der Waals surface area contributed by atoms with Gasteiger partial charge in [-0.1, -0.05) is 0 Å². The smallest absolute Gasteiger partial charge is 0.167 e. The molecule has 2 N–H and O–H groups in total. The fraction of sp³-hybridized carbons (Fsp3) is 0.571. The van der Waals surface area contributed by atoms with Crippen LogP contribution in [0.15, 0.2) is 18.2 Å². The van der Waals surface area contributed by atoms with Crippen molar-refractivity contribution in [3.63, 3.8) is 0 Å². The maximum atomic E-state index is 13.7. The van der Waals surface area contributed by atoms with Crippen molar-refractivity contribution in [1.29, 1.82) is 0 Å². The first-order valence-electron chi connectivity index (χ1n) is 6.49. The molecule has 2 rings (SSSR count). The zero-order valence-electron chi connectivity index (χ0n) is 11.0. The van der Waals surface area contributed by atoms with Gasteiger partial charge in [-0.3, -0.25) is 0 Å². The van der Waals surface area contributed by atoms with Crippen LogP contribution < -0.4 is 15.4 Å². The normalized spacial score (nSPS) is 22.4. The molecule has 0 heterocycles. The third kappa shape index (κ3) is 2.93. The molecule has 0 radical (unpaired) electrons. The molecule has 0 saturated heterocycles. The summed E-state index contributed by atoms with van der Waals surface area (Å²) in [5.74, 6) is 0.659. The summed E-state index contributed by atoms with van der Waals surface area (Å²) >= 11 is 0. The molecular weight excluding hydrogens is 231 g/mol. The number of nitrogens with two attached hydrogens (primary N) is 1. The third-order valence-electron chi connectivity index (χ3n) is 3.46. The van der Waals surface area contributed by atoms with Crippen molar-refractivity contribution < 1.29 is 9.13 Å². The van der Waals surface area contributed by atoms with Gasteiger partial charge in [0.15, 0.2) is 11.6 Å². The van der Waals surface area contributed by atoms with Gasteiger partial charge in [-0.05, 0) is 37.8 Å². The molecule has 1 aromatic rings. The Balaban J connectivity index is 1.97. The van der Waals surface area contributed by atoms with Crippen LogP contribution in [0, 0.1) is 11.7 Å². The average molecular weight is 252 g/mol. The van der Waals surface area contributed by atoms with Crippen LogP contribution >= 0.6 is 0 Å². The van der Waals surface area contributed by atoms with Crippen molar-refractivity contribution in [3.8, 4) is 5.75 Å². The maximum absolute atomic E-state index is 13.7. The maximum Gasteiger partial charge on any atom is 0.167 e. The number of hydrogen-bond acceptors (Lipinski definition) is 3. The lowest BCUT2D eigenvalue weighted by molar-refractivity contribution is 0.271. The quantitative estimate of drug-likeness (QED) is 0.874. The second-order valence-corrected chi connectivity index (χ2v) is 5.03. The first-order valence-corrected chi connectivity index (χ1v) is 6.49. The number of hydrogen-bond donors (Lipinski definition) is 1. The van der Waals surface area contributed by atoms with Gasteiger partial charge in [0.2, 0.25) is 0 Å². The number of halogens is 1. The van der Waals surface area contributed by atoms with Gasteiger partial charge >= 0.3 is 0 Å². The van der Waals surface area contributed by atoms with E-state index in [0.29, 0.717) is 24.3 Å². The van der Waals surface area contributed by atoms with Gasteiger partial charge < -0.3 is 15.4 Å². The lowest BCUT2D eigenvalue weighted by Crippen LogP contribution is -2.41. The summed E-state index contributed by atoms with van der Waals surface area (Å²) in [7, 11) is 1.99. The Labute approximate surface area is 108 Å². The van der Waals surface area contributed by atoms with Gasteiger partial charge in [0, 0.05) is 31.4 Å². The van der Waals surface area contributed by atoms with E-state index in [1.807, 2.05) is 20.0 Å². The Morgan fingerprint density at radius 3 is 2.72 bits per heavy atom. The van der Waals surface area contributed by atoms with E-state index in [1.54, 1.807) is 6.07 Å². The zero-order valence-corrected chi connectivity index (χ0v) is 11.0. The first kappa shape index (κ1) is 13.1. The van der Waals surface area contributed by atoms with Crippen LogP contribution in [-0.4, -0.2) is 26.2 Å². The van der Waals surface area contributed by atoms with Crippen LogP contribution in [0.5, 0.6) is 5.75 Å². The molecule has 1 fully saturated rings. The highest BCUT2D eigenvalue weighted by Gasteiger charge is 2.26. The molecule has 1 aromatic carbocycles. The molecule has 4 heteroatoms. The van der Waals surface area contributed by atoms with Crippen molar-refractivity contribution in [2.75, 3.05) is 25.1 Å². The largest absolute Gasteiger partial charge is 0.491 e. The minimum atomic E-state index is -0.300. The van der Waals surface area contributed by atoms with Crippen LogP contribution in [0.1, 0.15) is 19.8 Å². The minimum Gasteiger partial charge on any atom is -0.491 e. The van der Waals surface area contributed by atoms with Gasteiger partial charge in [-0.25, -0.2) is 4.39 Å². The summed E-state index contributed by atoms with van der Waals surface area (Å²) in [6.45, 7) is 3.26. The molecule has 0 atom stereocenters. The van der Waals surface area contributed by atoms with E-state index in [1.165, 1.54) is 6.07 Å². The molecule has 1 aliphatic rings. The SMILES string of the molecule is CCOc1ccc(N(C)CC2CC(N)C2)cc1F. The zero-order chi connectivity index (χ0) is 13.1. The van der Waals surface area contributed by atoms with Crippen LogP contribution in [0.4, 0.5) is 10.1 Å². The summed E-state index contributed by atoms with van der Waals surface area (Å²) in [4.78, 5) is 2.08. The fourth-order valence-corrected chi connectivity index (χ4v) is 2.43. The number of nitrogens with zero attached hydrogens (tertiary/aromatic N) is 1. The van der Waals surface area contributed by atoms with E-state index in [4.69, 9.17) is 10.5 Å². The molecule has 0 bridgehead atoms. The van der Waals surface area contributed by atoms with Crippen molar-refractivity contribution in [1.82, 2.24) is 0 Å². The van der Waals surface area contributed by atoms with Gasteiger partial charge in [-0.15, -0.1) is 0 Å². The average Bonchev–Trinajstić information content (AvgIpc) is 2.30. The number of ether oxygens (including phenoxy) is 1. The molecule has 0 unspecified atom stereocenters. The lowest BCUT2D eigenvalue weighted by Gasteiger charge is -2.36. The molecule has 1 aliphatic carbocycles.